The Hall–Kier alpha value is -2.94. The zero-order valence-corrected chi connectivity index (χ0v) is 15.7. The molecule has 29 heavy (non-hydrogen) atoms. The highest BCUT2D eigenvalue weighted by Gasteiger charge is 2.34. The maximum atomic E-state index is 13.5. The highest BCUT2D eigenvalue weighted by atomic mass is 19.4. The number of hydrogen-bond acceptors (Lipinski definition) is 4. The predicted octanol–water partition coefficient (Wildman–Crippen LogP) is 4.73. The zero-order chi connectivity index (χ0) is 21.2. The molecular formula is C20H19F4N3O2. The molecule has 2 N–H and O–H groups in total. The van der Waals surface area contributed by atoms with Gasteiger partial charge in [-0.05, 0) is 42.8 Å². The van der Waals surface area contributed by atoms with Gasteiger partial charge in [0.15, 0.2) is 0 Å². The number of alkyl halides is 3. The van der Waals surface area contributed by atoms with Crippen LogP contribution in [0.15, 0.2) is 41.4 Å². The number of carbonyl (C=O) groups excluding carboxylic acids is 1. The van der Waals surface area contributed by atoms with Crippen LogP contribution in [0.25, 0.3) is 0 Å². The van der Waals surface area contributed by atoms with Gasteiger partial charge in [0, 0.05) is 30.7 Å². The number of amides is 1. The molecule has 0 spiro atoms. The number of methoxy groups -OCH3 is 1. The molecule has 1 heterocycles. The minimum atomic E-state index is -4.59. The summed E-state index contributed by atoms with van der Waals surface area (Å²) in [5, 5.41) is 5.30. The summed E-state index contributed by atoms with van der Waals surface area (Å²) < 4.78 is 58.7. The zero-order valence-electron chi connectivity index (χ0n) is 15.7. The van der Waals surface area contributed by atoms with Gasteiger partial charge in [-0.25, -0.2) is 4.39 Å². The fraction of sp³-hybridized carbons (Fsp3) is 0.300. The van der Waals surface area contributed by atoms with E-state index in [2.05, 4.69) is 15.6 Å². The van der Waals surface area contributed by atoms with Crippen LogP contribution < -0.4 is 10.6 Å². The van der Waals surface area contributed by atoms with E-state index in [1.165, 1.54) is 43.7 Å². The van der Waals surface area contributed by atoms with Crippen molar-refractivity contribution >= 4 is 29.2 Å². The lowest BCUT2D eigenvalue weighted by Crippen LogP contribution is -2.23. The van der Waals surface area contributed by atoms with Gasteiger partial charge in [-0.3, -0.25) is 9.79 Å². The van der Waals surface area contributed by atoms with Crippen LogP contribution in [0.1, 0.15) is 24.0 Å². The summed E-state index contributed by atoms with van der Waals surface area (Å²) in [4.78, 5) is 16.2. The Morgan fingerprint density at radius 1 is 1.28 bits per heavy atom. The third kappa shape index (κ3) is 4.73. The molecule has 2 atom stereocenters. The van der Waals surface area contributed by atoms with Crippen molar-refractivity contribution in [1.29, 1.82) is 0 Å². The van der Waals surface area contributed by atoms with Crippen LogP contribution in [0.2, 0.25) is 0 Å². The fourth-order valence-electron chi connectivity index (χ4n) is 3.10. The number of aliphatic imine (C=N–C) groups is 1. The van der Waals surface area contributed by atoms with Crippen molar-refractivity contribution in [3.05, 3.63) is 53.3 Å². The van der Waals surface area contributed by atoms with Crippen molar-refractivity contribution in [3.8, 4) is 0 Å². The normalized spacial score (nSPS) is 17.3. The van der Waals surface area contributed by atoms with E-state index in [1.807, 2.05) is 0 Å². The molecule has 0 bridgehead atoms. The molecule has 9 heteroatoms. The Kier molecular flexibility index (Phi) is 5.88. The van der Waals surface area contributed by atoms with Crippen molar-refractivity contribution in [1.82, 2.24) is 0 Å². The first kappa shape index (κ1) is 20.8. The quantitative estimate of drug-likeness (QED) is 0.536. The van der Waals surface area contributed by atoms with Gasteiger partial charge >= 0.3 is 6.18 Å². The van der Waals surface area contributed by atoms with E-state index in [1.54, 1.807) is 6.92 Å². The molecule has 154 valence electrons. The summed E-state index contributed by atoms with van der Waals surface area (Å²) in [5.74, 6) is -1.72. The summed E-state index contributed by atoms with van der Waals surface area (Å²) in [7, 11) is 1.46. The number of halogens is 4. The van der Waals surface area contributed by atoms with Gasteiger partial charge in [0.25, 0.3) is 0 Å². The molecule has 0 radical (unpaired) electrons. The number of nitrogens with one attached hydrogen (secondary N) is 2. The molecule has 3 rings (SSSR count). The molecule has 0 fully saturated rings. The second-order valence-corrected chi connectivity index (χ2v) is 6.71. The SMILES string of the molecule is COCC(C)Nc1ccc(N=CC2C(=O)Nc3cc(F)ccc32)cc1C(F)(F)F. The molecule has 1 aliphatic rings. The van der Waals surface area contributed by atoms with Crippen molar-refractivity contribution < 1.29 is 27.1 Å². The van der Waals surface area contributed by atoms with Crippen LogP contribution in [0.5, 0.6) is 0 Å². The molecule has 2 aromatic carbocycles. The monoisotopic (exact) mass is 409 g/mol. The number of rotatable bonds is 6. The van der Waals surface area contributed by atoms with E-state index >= 15 is 0 Å². The first-order valence-electron chi connectivity index (χ1n) is 8.80. The average Bonchev–Trinajstić information content (AvgIpc) is 2.94. The van der Waals surface area contributed by atoms with Crippen LogP contribution in [-0.2, 0) is 15.7 Å². The Morgan fingerprint density at radius 3 is 2.72 bits per heavy atom. The van der Waals surface area contributed by atoms with Gasteiger partial charge in [-0.1, -0.05) is 6.07 Å². The number of carbonyl (C=O) groups is 1. The molecule has 0 saturated heterocycles. The summed E-state index contributed by atoms with van der Waals surface area (Å²) in [6.45, 7) is 1.95. The average molecular weight is 409 g/mol. The lowest BCUT2D eigenvalue weighted by Gasteiger charge is -2.19. The van der Waals surface area contributed by atoms with E-state index in [9.17, 15) is 22.4 Å². The summed E-state index contributed by atoms with van der Waals surface area (Å²) in [6, 6.07) is 7.15. The topological polar surface area (TPSA) is 62.7 Å². The Bertz CT molecular complexity index is 944. The number of nitrogens with zero attached hydrogens (tertiary/aromatic N) is 1. The summed E-state index contributed by atoms with van der Waals surface area (Å²) >= 11 is 0. The number of benzene rings is 2. The maximum Gasteiger partial charge on any atom is 0.418 e. The largest absolute Gasteiger partial charge is 0.418 e. The highest BCUT2D eigenvalue weighted by Crippen LogP contribution is 2.38. The van der Waals surface area contributed by atoms with Crippen LogP contribution in [-0.4, -0.2) is 31.9 Å². The first-order chi connectivity index (χ1) is 13.7. The molecular weight excluding hydrogens is 390 g/mol. The lowest BCUT2D eigenvalue weighted by atomic mass is 10.0. The maximum absolute atomic E-state index is 13.5. The summed E-state index contributed by atoms with van der Waals surface area (Å²) in [5.41, 5.74) is -0.0588. The van der Waals surface area contributed by atoms with Crippen molar-refractivity contribution in [2.75, 3.05) is 24.4 Å². The Balaban J connectivity index is 1.87. The van der Waals surface area contributed by atoms with Crippen LogP contribution in [0.3, 0.4) is 0 Å². The number of ether oxygens (including phenoxy) is 1. The molecule has 0 aromatic heterocycles. The smallest absolute Gasteiger partial charge is 0.383 e. The Morgan fingerprint density at radius 2 is 2.03 bits per heavy atom. The van der Waals surface area contributed by atoms with E-state index in [0.717, 1.165) is 6.07 Å². The molecule has 1 aliphatic heterocycles. The predicted molar refractivity (Wildman–Crippen MR) is 102 cm³/mol. The fourth-order valence-corrected chi connectivity index (χ4v) is 3.10. The van der Waals surface area contributed by atoms with E-state index < -0.39 is 29.4 Å². The lowest BCUT2D eigenvalue weighted by molar-refractivity contribution is -0.137. The standard InChI is InChI=1S/C20H19F4N3O2/c1-11(10-29-2)26-17-6-4-13(8-16(17)20(22,23)24)25-9-15-14-5-3-12(21)7-18(14)27-19(15)28/h3-9,11,15,26H,10H2,1-2H3,(H,27,28). The van der Waals surface area contributed by atoms with Gasteiger partial charge in [0.2, 0.25) is 5.91 Å². The minimum absolute atomic E-state index is 0.0469. The van der Waals surface area contributed by atoms with Gasteiger partial charge in [0.05, 0.1) is 17.9 Å². The van der Waals surface area contributed by atoms with Crippen LogP contribution in [0, 0.1) is 5.82 Å². The van der Waals surface area contributed by atoms with E-state index in [-0.39, 0.29) is 24.0 Å². The van der Waals surface area contributed by atoms with Gasteiger partial charge in [-0.2, -0.15) is 13.2 Å². The summed E-state index contributed by atoms with van der Waals surface area (Å²) in [6.07, 6.45) is -3.33. The van der Waals surface area contributed by atoms with Gasteiger partial charge < -0.3 is 15.4 Å². The number of hydrogen-bond donors (Lipinski definition) is 2. The molecule has 5 nitrogen and oxygen atoms in total. The van der Waals surface area contributed by atoms with Crippen molar-refractivity contribution in [3.63, 3.8) is 0 Å². The molecule has 0 aliphatic carbocycles. The highest BCUT2D eigenvalue weighted by molar-refractivity contribution is 6.12. The molecule has 2 unspecified atom stereocenters. The number of fused-ring (bicyclic) bond motifs is 1. The van der Waals surface area contributed by atoms with Crippen LogP contribution >= 0.6 is 0 Å². The Labute approximate surface area is 164 Å². The van der Waals surface area contributed by atoms with Gasteiger partial charge in [-0.15, -0.1) is 0 Å². The number of anilines is 2. The third-order valence-corrected chi connectivity index (χ3v) is 4.39. The van der Waals surface area contributed by atoms with E-state index in [4.69, 9.17) is 4.74 Å². The second-order valence-electron chi connectivity index (χ2n) is 6.71. The molecule has 0 saturated carbocycles. The molecule has 2 aromatic rings. The van der Waals surface area contributed by atoms with Crippen molar-refractivity contribution in [2.24, 2.45) is 4.99 Å². The van der Waals surface area contributed by atoms with Gasteiger partial charge in [0.1, 0.15) is 11.7 Å². The van der Waals surface area contributed by atoms with Crippen LogP contribution in [0.4, 0.5) is 34.6 Å². The minimum Gasteiger partial charge on any atom is -0.383 e. The van der Waals surface area contributed by atoms with E-state index in [0.29, 0.717) is 11.3 Å². The van der Waals surface area contributed by atoms with Crippen molar-refractivity contribution in [2.45, 2.75) is 25.1 Å². The first-order valence-corrected chi connectivity index (χ1v) is 8.80. The third-order valence-electron chi connectivity index (χ3n) is 4.39. The second kappa shape index (κ2) is 8.20. The molecule has 1 amide bonds.